The zero-order valence-electron chi connectivity index (χ0n) is 34.9. The van der Waals surface area contributed by atoms with Crippen LogP contribution in [-0.2, 0) is 37.1 Å². The fourth-order valence-corrected chi connectivity index (χ4v) is 5.22. The summed E-state index contributed by atoms with van der Waals surface area (Å²) in [6.07, 6.45) is 0. The van der Waals surface area contributed by atoms with Gasteiger partial charge in [-0.25, -0.2) is 0 Å². The topological polar surface area (TPSA) is 169 Å². The summed E-state index contributed by atoms with van der Waals surface area (Å²) in [6, 6.07) is 19.9. The van der Waals surface area contributed by atoms with E-state index in [9.17, 15) is 0 Å². The zero-order valence-corrected chi connectivity index (χ0v) is 35.8. The van der Waals surface area contributed by atoms with Crippen LogP contribution in [0.25, 0.3) is 0 Å². The predicted octanol–water partition coefficient (Wildman–Crippen LogP) is 6.64. The highest BCUT2D eigenvalue weighted by Gasteiger charge is 2.25. The van der Waals surface area contributed by atoms with Gasteiger partial charge in [-0.15, -0.1) is 0 Å². The highest BCUT2D eigenvalue weighted by molar-refractivity contribution is 7.40. The Kier molecular flexibility index (Phi) is 16.2. The van der Waals surface area contributed by atoms with Crippen LogP contribution < -0.4 is 31.9 Å². The van der Waals surface area contributed by atoms with Gasteiger partial charge < -0.3 is 36.4 Å². The van der Waals surface area contributed by atoms with Crippen molar-refractivity contribution in [1.29, 1.82) is 0 Å². The lowest BCUT2D eigenvalue weighted by atomic mass is 9.80. The number of rotatable bonds is 0. The number of phosphoric acid groups is 1. The normalized spacial score (nSPS) is 12.9. The number of benzene rings is 3. The Morgan fingerprint density at radius 1 is 0.380 bits per heavy atom. The van der Waals surface area contributed by atoms with Gasteiger partial charge in [0, 0.05) is 16.7 Å². The molecule has 0 aliphatic rings. The van der Waals surface area contributed by atoms with Gasteiger partial charge in [0.1, 0.15) is 17.1 Å². The molecule has 0 spiro atoms. The highest BCUT2D eigenvalue weighted by Crippen LogP contribution is 2.34. The number of hydrogen-bond acceptors (Lipinski definition) is 4. The molecule has 0 heterocycles. The van der Waals surface area contributed by atoms with Crippen molar-refractivity contribution in [2.24, 2.45) is 0 Å². The lowest BCUT2D eigenvalue weighted by Crippen LogP contribution is -2.43. The molecule has 0 unspecified atom stereocenters. The van der Waals surface area contributed by atoms with Gasteiger partial charge in [-0.05, 0) is 85.6 Å². The van der Waals surface area contributed by atoms with Crippen molar-refractivity contribution in [3.63, 3.8) is 0 Å². The molecule has 3 aromatic carbocycles. The van der Waals surface area contributed by atoms with Gasteiger partial charge in [-0.3, -0.25) is 0 Å². The summed E-state index contributed by atoms with van der Waals surface area (Å²) in [4.78, 5) is 25.6. The third kappa shape index (κ3) is 17.2. The highest BCUT2D eigenvalue weighted by atomic mass is 31.2. The van der Waals surface area contributed by atoms with Crippen LogP contribution in [0.1, 0.15) is 158 Å². The molecule has 0 fully saturated rings. The fraction of sp³-hybridized carbons (Fsp3) is 0.571. The Labute approximate surface area is 305 Å². The van der Waals surface area contributed by atoms with Crippen LogP contribution in [0.5, 0.6) is 0 Å². The largest absolute Gasteiger partial charge is 0.822 e. The maximum Gasteiger partial charge on any atom is 0.131 e. The standard InChI is InChI=1S/3C14H23N.H3O4P/c3*1-13(2,3)10-7-8-12(15)11(9-10)14(4,5)6;1-5(2,3)4/h3*7-9H,15H2,1-6H3;(H3,1,2,3,4). The van der Waals surface area contributed by atoms with Crippen molar-refractivity contribution in [3.05, 3.63) is 88.0 Å². The molecule has 0 amide bonds. The first-order valence-corrected chi connectivity index (χ1v) is 19.0. The van der Waals surface area contributed by atoms with Crippen LogP contribution in [0, 0.1) is 0 Å². The number of hydrogen-bond donors (Lipinski definition) is 3. The molecule has 8 heteroatoms. The summed E-state index contributed by atoms with van der Waals surface area (Å²) in [5.41, 5.74) is 25.2. The molecule has 0 aliphatic carbocycles. The molecule has 0 saturated heterocycles. The lowest BCUT2D eigenvalue weighted by molar-refractivity contribution is -0.432. The average molecular weight is 714 g/mol. The van der Waals surface area contributed by atoms with E-state index in [2.05, 4.69) is 196 Å². The van der Waals surface area contributed by atoms with E-state index >= 15 is 0 Å². The number of quaternary nitrogens is 3. The molecular weight excluding hydrogens is 641 g/mol. The molecule has 0 aromatic heterocycles. The van der Waals surface area contributed by atoms with Gasteiger partial charge in [-0.1, -0.05) is 143 Å². The fourth-order valence-electron chi connectivity index (χ4n) is 5.22. The molecule has 0 bridgehead atoms. The molecule has 3 rings (SSSR count). The SMILES string of the molecule is CC(C)(C)c1ccc([NH3+])c(C(C)(C)C)c1.CC(C)(C)c1ccc([NH3+])c(C(C)(C)C)c1.CC(C)(C)c1ccc([NH3+])c(C(C)(C)C)c1.O=P([O-])([O-])[O-]. The first-order valence-electron chi connectivity index (χ1n) is 17.5. The maximum atomic E-state index is 8.55. The molecule has 0 aliphatic heterocycles. The summed E-state index contributed by atoms with van der Waals surface area (Å²) < 4.78 is 8.55. The molecule has 284 valence electrons. The zero-order chi connectivity index (χ0) is 40.1. The van der Waals surface area contributed by atoms with Gasteiger partial charge in [0.25, 0.3) is 0 Å². The second kappa shape index (κ2) is 17.0. The Balaban J connectivity index is 0.000000674. The summed E-state index contributed by atoms with van der Waals surface area (Å²) in [5.74, 6) is 0. The quantitative estimate of drug-likeness (QED) is 0.222. The molecule has 0 atom stereocenters. The summed E-state index contributed by atoms with van der Waals surface area (Å²) in [5, 5.41) is 0. The second-order valence-electron chi connectivity index (χ2n) is 19.6. The van der Waals surface area contributed by atoms with E-state index in [0.29, 0.717) is 0 Å². The van der Waals surface area contributed by atoms with Crippen LogP contribution in [0.3, 0.4) is 0 Å². The van der Waals surface area contributed by atoms with Crippen molar-refractivity contribution in [2.45, 2.75) is 157 Å². The Hall–Kier alpha value is -2.35. The van der Waals surface area contributed by atoms with E-state index in [-0.39, 0.29) is 32.5 Å². The van der Waals surface area contributed by atoms with E-state index in [0.717, 1.165) is 17.1 Å². The smallest absolute Gasteiger partial charge is 0.131 e. The minimum Gasteiger partial charge on any atom is -0.822 e. The monoisotopic (exact) mass is 714 g/mol. The Bertz CT molecular complexity index is 1400. The third-order valence-electron chi connectivity index (χ3n) is 8.35. The first-order chi connectivity index (χ1) is 21.9. The molecular formula is C42H72N3O4P. The molecule has 3 aromatic rings. The maximum absolute atomic E-state index is 8.55. The van der Waals surface area contributed by atoms with Crippen molar-refractivity contribution < 1.29 is 36.4 Å². The summed E-state index contributed by atoms with van der Waals surface area (Å²) >= 11 is 0. The van der Waals surface area contributed by atoms with Crippen LogP contribution in [0.2, 0.25) is 0 Å². The van der Waals surface area contributed by atoms with Crippen molar-refractivity contribution >= 4 is 24.9 Å². The average Bonchev–Trinajstić information content (AvgIpc) is 2.85. The van der Waals surface area contributed by atoms with Gasteiger partial charge in [-0.2, -0.15) is 7.82 Å². The first kappa shape index (κ1) is 47.7. The second-order valence-corrected chi connectivity index (χ2v) is 20.5. The predicted molar refractivity (Wildman–Crippen MR) is 207 cm³/mol. The minimum absolute atomic E-state index is 0.179. The third-order valence-corrected chi connectivity index (χ3v) is 8.35. The van der Waals surface area contributed by atoms with Gasteiger partial charge >= 0.3 is 0 Å². The molecule has 7 nitrogen and oxygen atoms in total. The molecule has 0 saturated carbocycles. The minimum atomic E-state index is -5.39. The molecule has 9 N–H and O–H groups in total. The summed E-state index contributed by atoms with van der Waals surface area (Å²) in [7, 11) is -5.39. The lowest BCUT2D eigenvalue weighted by Gasteiger charge is -2.36. The van der Waals surface area contributed by atoms with E-state index in [1.54, 1.807) is 0 Å². The Morgan fingerprint density at radius 3 is 0.660 bits per heavy atom. The van der Waals surface area contributed by atoms with Crippen LogP contribution >= 0.6 is 7.82 Å². The van der Waals surface area contributed by atoms with Crippen molar-refractivity contribution in [1.82, 2.24) is 0 Å². The van der Waals surface area contributed by atoms with Crippen molar-refractivity contribution in [2.75, 3.05) is 0 Å². The van der Waals surface area contributed by atoms with E-state index < -0.39 is 7.82 Å². The van der Waals surface area contributed by atoms with Gasteiger partial charge in [0.05, 0.1) is 0 Å². The van der Waals surface area contributed by atoms with Gasteiger partial charge in [0.2, 0.25) is 0 Å². The molecule has 0 radical (unpaired) electrons. The van der Waals surface area contributed by atoms with Crippen LogP contribution in [-0.4, -0.2) is 0 Å². The Morgan fingerprint density at radius 2 is 0.540 bits per heavy atom. The van der Waals surface area contributed by atoms with E-state index in [1.165, 1.54) is 33.4 Å². The van der Waals surface area contributed by atoms with Crippen molar-refractivity contribution in [3.8, 4) is 0 Å². The van der Waals surface area contributed by atoms with Crippen LogP contribution in [0.15, 0.2) is 54.6 Å². The van der Waals surface area contributed by atoms with Gasteiger partial charge in [0.15, 0.2) is 0 Å². The molecule has 50 heavy (non-hydrogen) atoms. The van der Waals surface area contributed by atoms with E-state index in [1.807, 2.05) is 0 Å². The van der Waals surface area contributed by atoms with E-state index in [4.69, 9.17) is 19.2 Å². The summed E-state index contributed by atoms with van der Waals surface area (Å²) in [6.45, 7) is 40.4. The van der Waals surface area contributed by atoms with Crippen LogP contribution in [0.4, 0.5) is 17.1 Å².